The zero-order valence-electron chi connectivity index (χ0n) is 9.99. The fourth-order valence-corrected chi connectivity index (χ4v) is 3.69. The number of rotatable bonds is 2. The van der Waals surface area contributed by atoms with Gasteiger partial charge in [0, 0.05) is 31.1 Å². The Labute approximate surface area is 116 Å². The lowest BCUT2D eigenvalue weighted by Crippen LogP contribution is -2.30. The molecule has 1 aromatic rings. The van der Waals surface area contributed by atoms with Crippen LogP contribution in [0.3, 0.4) is 0 Å². The van der Waals surface area contributed by atoms with Crippen LogP contribution in [-0.2, 0) is 11.3 Å². The second kappa shape index (κ2) is 5.08. The SMILES string of the molecule is O=C1CC2=C(CCN(Cc3ccccc3Cl)C2)S1. The summed E-state index contributed by atoms with van der Waals surface area (Å²) in [7, 11) is 0. The number of carbonyl (C=O) groups excluding carboxylic acids is 1. The van der Waals surface area contributed by atoms with E-state index in [1.54, 1.807) is 0 Å². The Morgan fingerprint density at radius 3 is 3.00 bits per heavy atom. The molecule has 0 fully saturated rings. The fourth-order valence-electron chi connectivity index (χ4n) is 2.50. The van der Waals surface area contributed by atoms with Crippen molar-refractivity contribution in [1.82, 2.24) is 4.90 Å². The van der Waals surface area contributed by atoms with E-state index in [4.69, 9.17) is 11.6 Å². The van der Waals surface area contributed by atoms with E-state index in [2.05, 4.69) is 11.0 Å². The molecule has 3 rings (SSSR count). The molecule has 0 aromatic heterocycles. The average molecular weight is 280 g/mol. The van der Waals surface area contributed by atoms with Gasteiger partial charge in [0.15, 0.2) is 5.12 Å². The second-order valence-electron chi connectivity index (χ2n) is 4.73. The molecule has 0 bridgehead atoms. The van der Waals surface area contributed by atoms with E-state index in [0.29, 0.717) is 11.5 Å². The number of hydrogen-bond acceptors (Lipinski definition) is 3. The molecule has 4 heteroatoms. The molecule has 2 heterocycles. The first-order valence-corrected chi connectivity index (χ1v) is 7.29. The van der Waals surface area contributed by atoms with Gasteiger partial charge >= 0.3 is 0 Å². The minimum atomic E-state index is 0.305. The Morgan fingerprint density at radius 1 is 1.33 bits per heavy atom. The van der Waals surface area contributed by atoms with Crippen LogP contribution in [0.1, 0.15) is 18.4 Å². The highest BCUT2D eigenvalue weighted by molar-refractivity contribution is 8.17. The highest BCUT2D eigenvalue weighted by Crippen LogP contribution is 2.38. The van der Waals surface area contributed by atoms with Crippen LogP contribution in [0.2, 0.25) is 5.02 Å². The van der Waals surface area contributed by atoms with Crippen LogP contribution in [0.4, 0.5) is 0 Å². The molecule has 0 saturated heterocycles. The minimum absolute atomic E-state index is 0.305. The number of benzene rings is 1. The molecule has 1 aromatic carbocycles. The van der Waals surface area contributed by atoms with Gasteiger partial charge in [-0.2, -0.15) is 0 Å². The van der Waals surface area contributed by atoms with E-state index in [0.717, 1.165) is 31.1 Å². The molecule has 18 heavy (non-hydrogen) atoms. The van der Waals surface area contributed by atoms with Gasteiger partial charge in [0.1, 0.15) is 0 Å². The topological polar surface area (TPSA) is 20.3 Å². The van der Waals surface area contributed by atoms with Crippen molar-refractivity contribution >= 4 is 28.5 Å². The molecule has 0 spiro atoms. The van der Waals surface area contributed by atoms with Crippen molar-refractivity contribution in [3.05, 3.63) is 45.3 Å². The Morgan fingerprint density at radius 2 is 2.17 bits per heavy atom. The van der Waals surface area contributed by atoms with Crippen molar-refractivity contribution in [2.24, 2.45) is 0 Å². The highest BCUT2D eigenvalue weighted by Gasteiger charge is 2.28. The number of thioether (sulfide) groups is 1. The van der Waals surface area contributed by atoms with Crippen molar-refractivity contribution in [2.75, 3.05) is 13.1 Å². The van der Waals surface area contributed by atoms with E-state index in [9.17, 15) is 4.79 Å². The van der Waals surface area contributed by atoms with E-state index >= 15 is 0 Å². The van der Waals surface area contributed by atoms with E-state index < -0.39 is 0 Å². The van der Waals surface area contributed by atoms with E-state index in [1.165, 1.54) is 27.8 Å². The summed E-state index contributed by atoms with van der Waals surface area (Å²) in [5.41, 5.74) is 2.49. The maximum atomic E-state index is 11.4. The molecule has 94 valence electrons. The fraction of sp³-hybridized carbons (Fsp3) is 0.357. The molecular formula is C14H14ClNOS. The number of carbonyl (C=O) groups is 1. The van der Waals surface area contributed by atoms with E-state index in [1.807, 2.05) is 18.2 Å². The molecule has 0 N–H and O–H groups in total. The van der Waals surface area contributed by atoms with Crippen LogP contribution >= 0.6 is 23.4 Å². The third-order valence-corrected chi connectivity index (χ3v) is 4.89. The van der Waals surface area contributed by atoms with Crippen LogP contribution in [0, 0.1) is 0 Å². The molecule has 0 aliphatic carbocycles. The molecular weight excluding hydrogens is 266 g/mol. The summed E-state index contributed by atoms with van der Waals surface area (Å²) < 4.78 is 0. The molecule has 0 saturated carbocycles. The van der Waals surface area contributed by atoms with Gasteiger partial charge in [-0.05, 0) is 28.5 Å². The van der Waals surface area contributed by atoms with Crippen LogP contribution in [0.15, 0.2) is 34.7 Å². The predicted molar refractivity (Wildman–Crippen MR) is 75.6 cm³/mol. The third-order valence-electron chi connectivity index (χ3n) is 3.41. The van der Waals surface area contributed by atoms with Gasteiger partial charge in [-0.25, -0.2) is 0 Å². The first-order valence-electron chi connectivity index (χ1n) is 6.10. The Kier molecular flexibility index (Phi) is 3.46. The lowest BCUT2D eigenvalue weighted by atomic mass is 10.1. The van der Waals surface area contributed by atoms with Crippen LogP contribution in [0.5, 0.6) is 0 Å². The summed E-state index contributed by atoms with van der Waals surface area (Å²) in [6.45, 7) is 2.80. The smallest absolute Gasteiger partial charge is 0.197 e. The Balaban J connectivity index is 1.70. The standard InChI is InChI=1S/C14H14ClNOS/c15-12-4-2-1-3-10(12)8-16-6-5-13-11(9-16)7-14(17)18-13/h1-4H,5-9H2. The van der Waals surface area contributed by atoms with E-state index in [-0.39, 0.29) is 0 Å². The third kappa shape index (κ3) is 2.48. The number of hydrogen-bond donors (Lipinski definition) is 0. The summed E-state index contributed by atoms with van der Waals surface area (Å²) in [6, 6.07) is 7.97. The molecule has 2 aliphatic rings. The Bertz CT molecular complexity index is 526. The summed E-state index contributed by atoms with van der Waals surface area (Å²) >= 11 is 7.63. The summed E-state index contributed by atoms with van der Waals surface area (Å²) in [5, 5.41) is 1.13. The maximum Gasteiger partial charge on any atom is 0.197 e. The Hall–Kier alpha value is -0.770. The molecule has 0 radical (unpaired) electrons. The maximum absolute atomic E-state index is 11.4. The molecule has 2 aliphatic heterocycles. The van der Waals surface area contributed by atoms with Crippen molar-refractivity contribution in [3.8, 4) is 0 Å². The zero-order chi connectivity index (χ0) is 12.5. The molecule has 0 unspecified atom stereocenters. The normalized spacial score (nSPS) is 20.4. The van der Waals surface area contributed by atoms with Crippen LogP contribution in [0.25, 0.3) is 0 Å². The number of nitrogens with zero attached hydrogens (tertiary/aromatic N) is 1. The molecule has 0 atom stereocenters. The van der Waals surface area contributed by atoms with Crippen molar-refractivity contribution in [3.63, 3.8) is 0 Å². The zero-order valence-corrected chi connectivity index (χ0v) is 11.6. The predicted octanol–water partition coefficient (Wildman–Crippen LogP) is 3.46. The van der Waals surface area contributed by atoms with Gasteiger partial charge in [-0.15, -0.1) is 0 Å². The van der Waals surface area contributed by atoms with Gasteiger partial charge in [0.25, 0.3) is 0 Å². The van der Waals surface area contributed by atoms with Gasteiger partial charge in [-0.3, -0.25) is 9.69 Å². The largest absolute Gasteiger partial charge is 0.295 e. The monoisotopic (exact) mass is 279 g/mol. The average Bonchev–Trinajstić information content (AvgIpc) is 2.71. The highest BCUT2D eigenvalue weighted by atomic mass is 35.5. The summed E-state index contributed by atoms with van der Waals surface area (Å²) in [6.07, 6.45) is 1.65. The minimum Gasteiger partial charge on any atom is -0.295 e. The number of halogens is 1. The van der Waals surface area contributed by atoms with Crippen LogP contribution < -0.4 is 0 Å². The van der Waals surface area contributed by atoms with Gasteiger partial charge < -0.3 is 0 Å². The van der Waals surface area contributed by atoms with Gasteiger partial charge in [0.05, 0.1) is 0 Å². The first kappa shape index (κ1) is 12.3. The van der Waals surface area contributed by atoms with Crippen molar-refractivity contribution in [1.29, 1.82) is 0 Å². The van der Waals surface area contributed by atoms with Crippen LogP contribution in [-0.4, -0.2) is 23.1 Å². The summed E-state index contributed by atoms with van der Waals surface area (Å²) in [4.78, 5) is 15.1. The second-order valence-corrected chi connectivity index (χ2v) is 6.29. The molecule has 2 nitrogen and oxygen atoms in total. The lowest BCUT2D eigenvalue weighted by Gasteiger charge is -2.27. The van der Waals surface area contributed by atoms with Crippen molar-refractivity contribution in [2.45, 2.75) is 19.4 Å². The summed E-state index contributed by atoms with van der Waals surface area (Å²) in [5.74, 6) is 0. The van der Waals surface area contributed by atoms with Gasteiger partial charge in [0.2, 0.25) is 0 Å². The quantitative estimate of drug-likeness (QED) is 0.827. The lowest BCUT2D eigenvalue weighted by molar-refractivity contribution is -0.110. The van der Waals surface area contributed by atoms with Crippen molar-refractivity contribution < 1.29 is 4.79 Å². The first-order chi connectivity index (χ1) is 8.72. The van der Waals surface area contributed by atoms with Gasteiger partial charge in [-0.1, -0.05) is 41.6 Å². The molecule has 0 amide bonds.